The summed E-state index contributed by atoms with van der Waals surface area (Å²) >= 11 is 0. The summed E-state index contributed by atoms with van der Waals surface area (Å²) < 4.78 is 5.12. The molecule has 1 atom stereocenters. The number of nitrogens with zero attached hydrogens (tertiary/aromatic N) is 2. The summed E-state index contributed by atoms with van der Waals surface area (Å²) in [6.45, 7) is 3.70. The van der Waals surface area contributed by atoms with Gasteiger partial charge in [0.1, 0.15) is 0 Å². The highest BCUT2D eigenvalue weighted by Gasteiger charge is 2.09. The molecule has 100 valence electrons. The molecule has 6 nitrogen and oxygen atoms in total. The van der Waals surface area contributed by atoms with Crippen molar-refractivity contribution < 1.29 is 9.21 Å². The molecule has 0 saturated carbocycles. The van der Waals surface area contributed by atoms with Gasteiger partial charge in [0.2, 0.25) is 18.2 Å². The van der Waals surface area contributed by atoms with Crippen molar-refractivity contribution in [3.63, 3.8) is 0 Å². The quantitative estimate of drug-likeness (QED) is 0.872. The van der Waals surface area contributed by atoms with Gasteiger partial charge in [0.05, 0.1) is 0 Å². The number of amides is 1. The zero-order valence-corrected chi connectivity index (χ0v) is 10.9. The van der Waals surface area contributed by atoms with Gasteiger partial charge in [-0.05, 0) is 37.6 Å². The molecule has 0 aliphatic heterocycles. The highest BCUT2D eigenvalue weighted by atomic mass is 16.4. The van der Waals surface area contributed by atoms with Crippen molar-refractivity contribution in [2.24, 2.45) is 5.73 Å². The van der Waals surface area contributed by atoms with Crippen LogP contribution in [0.3, 0.4) is 0 Å². The number of nitrogens with one attached hydrogen (secondary N) is 1. The second kappa shape index (κ2) is 5.62. The van der Waals surface area contributed by atoms with E-state index >= 15 is 0 Å². The van der Waals surface area contributed by atoms with Crippen LogP contribution in [0.1, 0.15) is 18.9 Å². The van der Waals surface area contributed by atoms with Gasteiger partial charge in [-0.3, -0.25) is 4.79 Å². The molecule has 1 unspecified atom stereocenters. The van der Waals surface area contributed by atoms with Gasteiger partial charge >= 0.3 is 0 Å². The normalized spacial score (nSPS) is 12.2. The van der Waals surface area contributed by atoms with Crippen LogP contribution in [0.15, 0.2) is 29.0 Å². The molecule has 1 aromatic carbocycles. The zero-order chi connectivity index (χ0) is 13.8. The molecule has 0 radical (unpaired) electrons. The predicted octanol–water partition coefficient (Wildman–Crippen LogP) is 1.72. The lowest BCUT2D eigenvalue weighted by Gasteiger charge is -2.10. The molecule has 2 rings (SSSR count). The Morgan fingerprint density at radius 3 is 2.89 bits per heavy atom. The number of aromatic nitrogens is 2. The maximum absolute atomic E-state index is 11.7. The number of hydrogen-bond acceptors (Lipinski definition) is 5. The second-order valence-electron chi connectivity index (χ2n) is 4.50. The molecule has 1 aromatic heterocycles. The lowest BCUT2D eigenvalue weighted by molar-refractivity contribution is -0.116. The lowest BCUT2D eigenvalue weighted by Crippen LogP contribution is -2.24. The first-order chi connectivity index (χ1) is 9.06. The third kappa shape index (κ3) is 3.38. The molecule has 0 fully saturated rings. The molecular formula is C13H16N4O2. The van der Waals surface area contributed by atoms with E-state index in [0.29, 0.717) is 12.3 Å². The van der Waals surface area contributed by atoms with E-state index in [-0.39, 0.29) is 11.9 Å². The highest BCUT2D eigenvalue weighted by Crippen LogP contribution is 2.23. The monoisotopic (exact) mass is 260 g/mol. The minimum atomic E-state index is -0.155. The third-order valence-corrected chi connectivity index (χ3v) is 2.61. The van der Waals surface area contributed by atoms with Gasteiger partial charge in [0.25, 0.3) is 0 Å². The minimum absolute atomic E-state index is 0.0939. The van der Waals surface area contributed by atoms with Crippen LogP contribution in [-0.2, 0) is 4.79 Å². The van der Waals surface area contributed by atoms with Crippen molar-refractivity contribution in [2.45, 2.75) is 26.3 Å². The van der Waals surface area contributed by atoms with Crippen molar-refractivity contribution in [3.05, 3.63) is 30.2 Å². The van der Waals surface area contributed by atoms with Gasteiger partial charge in [-0.15, -0.1) is 10.2 Å². The van der Waals surface area contributed by atoms with Crippen LogP contribution in [0, 0.1) is 6.92 Å². The van der Waals surface area contributed by atoms with Crippen LogP contribution >= 0.6 is 0 Å². The zero-order valence-electron chi connectivity index (χ0n) is 10.9. The molecule has 0 aliphatic carbocycles. The van der Waals surface area contributed by atoms with Gasteiger partial charge in [0.15, 0.2) is 0 Å². The molecule has 0 bridgehead atoms. The number of rotatable bonds is 4. The fraction of sp³-hybridized carbons (Fsp3) is 0.308. The van der Waals surface area contributed by atoms with Gasteiger partial charge in [-0.25, -0.2) is 0 Å². The van der Waals surface area contributed by atoms with Crippen molar-refractivity contribution in [2.75, 3.05) is 5.32 Å². The van der Waals surface area contributed by atoms with Crippen LogP contribution in [-0.4, -0.2) is 22.1 Å². The van der Waals surface area contributed by atoms with E-state index in [4.69, 9.17) is 10.2 Å². The van der Waals surface area contributed by atoms with E-state index in [9.17, 15) is 4.79 Å². The van der Waals surface area contributed by atoms with E-state index in [2.05, 4.69) is 15.5 Å². The number of anilines is 1. The average Bonchev–Trinajstić information content (AvgIpc) is 2.84. The summed E-state index contributed by atoms with van der Waals surface area (Å²) in [5, 5.41) is 10.3. The van der Waals surface area contributed by atoms with Crippen LogP contribution in [0.5, 0.6) is 0 Å². The van der Waals surface area contributed by atoms with Crippen LogP contribution in [0.4, 0.5) is 5.69 Å². The van der Waals surface area contributed by atoms with Gasteiger partial charge in [-0.2, -0.15) is 0 Å². The average molecular weight is 260 g/mol. The van der Waals surface area contributed by atoms with Gasteiger partial charge in [0, 0.05) is 23.7 Å². The van der Waals surface area contributed by atoms with E-state index < -0.39 is 0 Å². The van der Waals surface area contributed by atoms with E-state index in [1.54, 1.807) is 6.92 Å². The van der Waals surface area contributed by atoms with Crippen molar-refractivity contribution >= 4 is 11.6 Å². The number of aryl methyl sites for hydroxylation is 1. The van der Waals surface area contributed by atoms with E-state index in [0.717, 1.165) is 16.8 Å². The van der Waals surface area contributed by atoms with Gasteiger partial charge < -0.3 is 15.5 Å². The van der Waals surface area contributed by atoms with Crippen LogP contribution in [0.2, 0.25) is 0 Å². The molecule has 6 heteroatoms. The molecule has 3 N–H and O–H groups in total. The molecule has 1 heterocycles. The molecular weight excluding hydrogens is 244 g/mol. The summed E-state index contributed by atoms with van der Waals surface area (Å²) in [4.78, 5) is 11.7. The molecule has 0 saturated heterocycles. The Hall–Kier alpha value is -2.21. The maximum atomic E-state index is 11.7. The summed E-state index contributed by atoms with van der Waals surface area (Å²) in [6.07, 6.45) is 1.58. The topological polar surface area (TPSA) is 94.0 Å². The number of carbonyl (C=O) groups excluding carboxylic acids is 1. The fourth-order valence-corrected chi connectivity index (χ4v) is 1.73. The Labute approximate surface area is 111 Å². The Morgan fingerprint density at radius 2 is 2.32 bits per heavy atom. The van der Waals surface area contributed by atoms with Crippen LogP contribution in [0.25, 0.3) is 11.5 Å². The Balaban J connectivity index is 2.14. The maximum Gasteiger partial charge on any atom is 0.247 e. The second-order valence-corrected chi connectivity index (χ2v) is 4.50. The van der Waals surface area contributed by atoms with E-state index in [1.165, 1.54) is 6.39 Å². The first-order valence-corrected chi connectivity index (χ1v) is 5.99. The number of nitrogens with two attached hydrogens (primary N) is 1. The number of hydrogen-bond donors (Lipinski definition) is 2. The van der Waals surface area contributed by atoms with Gasteiger partial charge in [-0.1, -0.05) is 0 Å². The predicted molar refractivity (Wildman–Crippen MR) is 71.4 cm³/mol. The Morgan fingerprint density at radius 1 is 1.53 bits per heavy atom. The van der Waals surface area contributed by atoms with Crippen molar-refractivity contribution in [3.8, 4) is 11.5 Å². The summed E-state index contributed by atoms with van der Waals surface area (Å²) in [6, 6.07) is 5.36. The SMILES string of the molecule is Cc1cc(-c2nnco2)ccc1NC(=O)CC(C)N. The van der Waals surface area contributed by atoms with Crippen LogP contribution < -0.4 is 11.1 Å². The smallest absolute Gasteiger partial charge is 0.247 e. The first-order valence-electron chi connectivity index (χ1n) is 5.99. The Bertz CT molecular complexity index is 564. The number of carbonyl (C=O) groups is 1. The largest absolute Gasteiger partial charge is 0.423 e. The minimum Gasteiger partial charge on any atom is -0.423 e. The first kappa shape index (κ1) is 13.2. The van der Waals surface area contributed by atoms with E-state index in [1.807, 2.05) is 25.1 Å². The van der Waals surface area contributed by atoms with Crippen molar-refractivity contribution in [1.29, 1.82) is 0 Å². The molecule has 0 aliphatic rings. The number of benzene rings is 1. The molecule has 0 spiro atoms. The standard InChI is InChI=1S/C13H16N4O2/c1-8-5-10(13-17-15-7-19-13)3-4-11(8)16-12(18)6-9(2)14/h3-5,7,9H,6,14H2,1-2H3,(H,16,18). The Kier molecular flexibility index (Phi) is 3.91. The summed E-state index contributed by atoms with van der Waals surface area (Å²) in [5.74, 6) is 0.361. The third-order valence-electron chi connectivity index (χ3n) is 2.61. The van der Waals surface area contributed by atoms with Crippen molar-refractivity contribution in [1.82, 2.24) is 10.2 Å². The molecule has 1 amide bonds. The molecule has 19 heavy (non-hydrogen) atoms. The molecule has 2 aromatic rings. The highest BCUT2D eigenvalue weighted by molar-refractivity contribution is 5.92. The lowest BCUT2D eigenvalue weighted by atomic mass is 10.1. The fourth-order valence-electron chi connectivity index (χ4n) is 1.73. The summed E-state index contributed by atoms with van der Waals surface area (Å²) in [7, 11) is 0. The summed E-state index contributed by atoms with van der Waals surface area (Å²) in [5.41, 5.74) is 8.09.